The van der Waals surface area contributed by atoms with Crippen LogP contribution in [0.2, 0.25) is 0 Å². The first-order valence-electron chi connectivity index (χ1n) is 8.00. The van der Waals surface area contributed by atoms with Crippen LogP contribution in [0.1, 0.15) is 5.56 Å². The van der Waals surface area contributed by atoms with Gasteiger partial charge in [0.05, 0.1) is 11.4 Å². The quantitative estimate of drug-likeness (QED) is 0.310. The maximum absolute atomic E-state index is 12.8. The van der Waals surface area contributed by atoms with E-state index in [0.717, 1.165) is 21.2 Å². The highest BCUT2D eigenvalue weighted by molar-refractivity contribution is 7.99. The van der Waals surface area contributed by atoms with E-state index in [-0.39, 0.29) is 5.84 Å². The fourth-order valence-electron chi connectivity index (χ4n) is 2.69. The van der Waals surface area contributed by atoms with Crippen molar-refractivity contribution in [3.05, 3.63) is 84.4 Å². The van der Waals surface area contributed by atoms with Gasteiger partial charge in [-0.1, -0.05) is 71.5 Å². The lowest BCUT2D eigenvalue weighted by Gasteiger charge is -2.29. The van der Waals surface area contributed by atoms with E-state index in [2.05, 4.69) is 5.16 Å². The van der Waals surface area contributed by atoms with Gasteiger partial charge in [0.2, 0.25) is 0 Å². The molecule has 128 valence electrons. The minimum absolute atomic E-state index is 0.145. The zero-order valence-electron chi connectivity index (χ0n) is 13.7. The lowest BCUT2D eigenvalue weighted by molar-refractivity contribution is 0.161. The molecule has 3 aromatic rings. The van der Waals surface area contributed by atoms with Crippen LogP contribution in [0.25, 0.3) is 0 Å². The summed E-state index contributed by atoms with van der Waals surface area (Å²) in [6.07, 6.45) is -0.607. The van der Waals surface area contributed by atoms with Crippen LogP contribution in [0, 0.1) is 0 Å². The number of amidine groups is 1. The van der Waals surface area contributed by atoms with Crippen LogP contribution in [0.5, 0.6) is 0 Å². The van der Waals surface area contributed by atoms with Gasteiger partial charge in [0.15, 0.2) is 5.84 Å². The second-order valence-electron chi connectivity index (χ2n) is 5.57. The summed E-state index contributed by atoms with van der Waals surface area (Å²) in [5.41, 5.74) is 8.12. The molecule has 0 fully saturated rings. The molecule has 0 bridgehead atoms. The van der Waals surface area contributed by atoms with E-state index in [9.17, 15) is 4.79 Å². The van der Waals surface area contributed by atoms with E-state index < -0.39 is 6.09 Å². The molecule has 6 heteroatoms. The van der Waals surface area contributed by atoms with Crippen molar-refractivity contribution >= 4 is 35.1 Å². The van der Waals surface area contributed by atoms with Gasteiger partial charge in [0.25, 0.3) is 0 Å². The van der Waals surface area contributed by atoms with E-state index >= 15 is 0 Å². The number of benzene rings is 3. The third-order valence-electron chi connectivity index (χ3n) is 3.91. The highest BCUT2D eigenvalue weighted by atomic mass is 32.2. The molecule has 4 rings (SSSR count). The first kappa shape index (κ1) is 16.2. The van der Waals surface area contributed by atoms with E-state index in [4.69, 9.17) is 10.6 Å². The maximum Gasteiger partial charge on any atom is 0.445 e. The molecule has 1 aliphatic heterocycles. The molecule has 26 heavy (non-hydrogen) atoms. The summed E-state index contributed by atoms with van der Waals surface area (Å²) in [4.78, 5) is 21.4. The second-order valence-corrected chi connectivity index (χ2v) is 6.66. The van der Waals surface area contributed by atoms with Crippen molar-refractivity contribution < 1.29 is 9.63 Å². The molecule has 1 heterocycles. The number of carbonyl (C=O) groups excluding carboxylic acids is 1. The van der Waals surface area contributed by atoms with Crippen LogP contribution < -0.4 is 10.6 Å². The van der Waals surface area contributed by atoms with Gasteiger partial charge in [0.1, 0.15) is 0 Å². The first-order chi connectivity index (χ1) is 12.7. The lowest BCUT2D eigenvalue weighted by atomic mass is 10.2. The van der Waals surface area contributed by atoms with Gasteiger partial charge in [-0.25, -0.2) is 9.69 Å². The van der Waals surface area contributed by atoms with E-state index in [1.54, 1.807) is 23.9 Å². The van der Waals surface area contributed by atoms with Crippen molar-refractivity contribution in [2.45, 2.75) is 9.79 Å². The zero-order valence-corrected chi connectivity index (χ0v) is 14.5. The Morgan fingerprint density at radius 2 is 1.38 bits per heavy atom. The molecular weight excluding hydrogens is 346 g/mol. The minimum atomic E-state index is -0.607. The van der Waals surface area contributed by atoms with Crippen molar-refractivity contribution in [3.63, 3.8) is 0 Å². The zero-order chi connectivity index (χ0) is 17.9. The number of oxime groups is 1. The van der Waals surface area contributed by atoms with Gasteiger partial charge in [-0.15, -0.1) is 0 Å². The maximum atomic E-state index is 12.8. The number of nitrogens with zero attached hydrogens (tertiary/aromatic N) is 2. The standard InChI is InChI=1S/C20H15N3O2S/c21-19(14-8-2-1-3-9-14)22-25-20(24)23-15-10-4-6-12-17(15)26-18-13-7-5-11-16(18)23/h1-13H,(H2,21,22). The van der Waals surface area contributed by atoms with Crippen LogP contribution in [0.3, 0.4) is 0 Å². The van der Waals surface area contributed by atoms with Gasteiger partial charge < -0.3 is 5.73 Å². The fourth-order valence-corrected chi connectivity index (χ4v) is 3.75. The number of rotatable bonds is 2. The van der Waals surface area contributed by atoms with Crippen LogP contribution in [-0.2, 0) is 4.84 Å². The Morgan fingerprint density at radius 1 is 0.846 bits per heavy atom. The summed E-state index contributed by atoms with van der Waals surface area (Å²) >= 11 is 1.61. The SMILES string of the molecule is NC(=NOC(=O)N1c2ccccc2Sc2ccccc21)c1ccccc1. The summed E-state index contributed by atoms with van der Waals surface area (Å²) in [5, 5.41) is 3.81. The number of fused-ring (bicyclic) bond motifs is 2. The minimum Gasteiger partial charge on any atom is -0.380 e. The average Bonchev–Trinajstić information content (AvgIpc) is 2.70. The monoisotopic (exact) mass is 361 g/mol. The average molecular weight is 361 g/mol. The third kappa shape index (κ3) is 3.02. The number of hydrogen-bond acceptors (Lipinski definition) is 4. The smallest absolute Gasteiger partial charge is 0.380 e. The van der Waals surface area contributed by atoms with E-state index in [1.165, 1.54) is 4.90 Å². The Kier molecular flexibility index (Phi) is 4.33. The molecule has 3 aromatic carbocycles. The van der Waals surface area contributed by atoms with Crippen LogP contribution in [0.15, 0.2) is 93.8 Å². The molecule has 0 unspecified atom stereocenters. The molecular formula is C20H15N3O2S. The molecule has 0 saturated carbocycles. The molecule has 1 amide bonds. The second kappa shape index (κ2) is 6.93. The number of anilines is 2. The molecule has 0 radical (unpaired) electrons. The van der Waals surface area contributed by atoms with Crippen LogP contribution >= 0.6 is 11.8 Å². The molecule has 0 spiro atoms. The number of amides is 1. The van der Waals surface area contributed by atoms with Gasteiger partial charge in [-0.3, -0.25) is 4.84 Å². The van der Waals surface area contributed by atoms with Crippen molar-refractivity contribution in [2.24, 2.45) is 10.9 Å². The topological polar surface area (TPSA) is 67.9 Å². The number of hydrogen-bond donors (Lipinski definition) is 1. The molecule has 1 aliphatic rings. The Balaban J connectivity index is 1.66. The highest BCUT2D eigenvalue weighted by Crippen LogP contribution is 2.48. The van der Waals surface area contributed by atoms with Crippen LogP contribution in [-0.4, -0.2) is 11.9 Å². The predicted molar refractivity (Wildman–Crippen MR) is 103 cm³/mol. The Bertz CT molecular complexity index is 944. The van der Waals surface area contributed by atoms with Crippen molar-refractivity contribution in [3.8, 4) is 0 Å². The molecule has 5 nitrogen and oxygen atoms in total. The predicted octanol–water partition coefficient (Wildman–Crippen LogP) is 4.75. The summed E-state index contributed by atoms with van der Waals surface area (Å²) in [6.45, 7) is 0. The summed E-state index contributed by atoms with van der Waals surface area (Å²) in [5.74, 6) is 0.145. The van der Waals surface area contributed by atoms with E-state index in [0.29, 0.717) is 5.56 Å². The normalized spacial score (nSPS) is 12.9. The number of carbonyl (C=O) groups is 1. The fraction of sp³-hybridized carbons (Fsp3) is 0. The van der Waals surface area contributed by atoms with E-state index in [1.807, 2.05) is 66.7 Å². The number of para-hydroxylation sites is 2. The summed E-state index contributed by atoms with van der Waals surface area (Å²) in [7, 11) is 0. The molecule has 0 atom stereocenters. The lowest BCUT2D eigenvalue weighted by Crippen LogP contribution is -2.28. The van der Waals surface area contributed by atoms with Crippen molar-refractivity contribution in [1.29, 1.82) is 0 Å². The Hall–Kier alpha value is -3.25. The third-order valence-corrected chi connectivity index (χ3v) is 5.04. The summed E-state index contributed by atoms with van der Waals surface area (Å²) < 4.78 is 0. The largest absolute Gasteiger partial charge is 0.445 e. The van der Waals surface area contributed by atoms with Crippen molar-refractivity contribution in [2.75, 3.05) is 4.90 Å². The Labute approximate surface area is 155 Å². The first-order valence-corrected chi connectivity index (χ1v) is 8.81. The molecule has 0 aromatic heterocycles. The summed E-state index contributed by atoms with van der Waals surface area (Å²) in [6, 6.07) is 24.5. The molecule has 0 aliphatic carbocycles. The van der Waals surface area contributed by atoms with Gasteiger partial charge in [-0.05, 0) is 24.3 Å². The van der Waals surface area contributed by atoms with Gasteiger partial charge >= 0.3 is 6.09 Å². The number of nitrogens with two attached hydrogens (primary N) is 1. The Morgan fingerprint density at radius 3 is 2.00 bits per heavy atom. The van der Waals surface area contributed by atoms with Crippen molar-refractivity contribution in [1.82, 2.24) is 0 Å². The van der Waals surface area contributed by atoms with Gasteiger partial charge in [0, 0.05) is 15.4 Å². The van der Waals surface area contributed by atoms with Gasteiger partial charge in [-0.2, -0.15) is 0 Å². The highest BCUT2D eigenvalue weighted by Gasteiger charge is 2.29. The molecule has 0 saturated heterocycles. The molecule has 2 N–H and O–H groups in total. The van der Waals surface area contributed by atoms with Crippen LogP contribution in [0.4, 0.5) is 16.2 Å².